The monoisotopic (exact) mass is 791 g/mol. The van der Waals surface area contributed by atoms with Gasteiger partial charge in [-0.25, -0.2) is 15.0 Å². The summed E-state index contributed by atoms with van der Waals surface area (Å²) in [5.41, 5.74) is 14.5. The molecule has 12 aromatic rings. The summed E-state index contributed by atoms with van der Waals surface area (Å²) >= 11 is 0. The Balaban J connectivity index is 0.952. The van der Waals surface area contributed by atoms with E-state index < -0.39 is 0 Å². The zero-order valence-electron chi connectivity index (χ0n) is 33.6. The van der Waals surface area contributed by atoms with Crippen molar-refractivity contribution in [3.8, 4) is 67.8 Å². The van der Waals surface area contributed by atoms with Gasteiger partial charge >= 0.3 is 0 Å². The van der Waals surface area contributed by atoms with Gasteiger partial charge in [0.25, 0.3) is 0 Å². The predicted molar refractivity (Wildman–Crippen MR) is 256 cm³/mol. The van der Waals surface area contributed by atoms with Crippen LogP contribution in [0.2, 0.25) is 0 Å². The molecule has 0 atom stereocenters. The quantitative estimate of drug-likeness (QED) is 0.162. The molecular formula is C57H37N5. The molecule has 0 spiro atoms. The minimum Gasteiger partial charge on any atom is -0.309 e. The number of fused-ring (bicyclic) bond motifs is 6. The molecular weight excluding hydrogens is 755 g/mol. The highest BCUT2D eigenvalue weighted by Gasteiger charge is 2.18. The van der Waals surface area contributed by atoms with Crippen molar-refractivity contribution >= 4 is 43.6 Å². The number of aromatic nitrogens is 5. The summed E-state index contributed by atoms with van der Waals surface area (Å²) in [6.45, 7) is 0. The second kappa shape index (κ2) is 14.7. The second-order valence-corrected chi connectivity index (χ2v) is 15.7. The maximum absolute atomic E-state index is 4.98. The van der Waals surface area contributed by atoms with E-state index in [2.05, 4.69) is 173 Å². The zero-order valence-corrected chi connectivity index (χ0v) is 33.6. The minimum absolute atomic E-state index is 0.634. The van der Waals surface area contributed by atoms with Crippen LogP contribution in [0.1, 0.15) is 0 Å². The number of benzene rings is 9. The third kappa shape index (κ3) is 6.06. The number of hydrogen-bond acceptors (Lipinski definition) is 3. The average Bonchev–Trinajstić information content (AvgIpc) is 3.87. The van der Waals surface area contributed by atoms with E-state index in [-0.39, 0.29) is 0 Å². The van der Waals surface area contributed by atoms with Crippen LogP contribution in [0.5, 0.6) is 0 Å². The standard InChI is InChI=1S/C57H37N5/c1-4-14-38(15-5-1)39-24-30-45(31-25-39)61-52-23-13-11-21-48(52)50-36-43(29-35-53(50)61)44-28-34-49-47-20-10-12-22-51(47)62(54(49)37-44)46-32-26-42(27-33-46)57-59-55(40-16-6-2-7-17-40)58-56(60-57)41-18-8-3-9-19-41/h1-37H. The molecule has 5 nitrogen and oxygen atoms in total. The lowest BCUT2D eigenvalue weighted by molar-refractivity contribution is 1.07. The van der Waals surface area contributed by atoms with Crippen LogP contribution in [0.25, 0.3) is 111 Å². The van der Waals surface area contributed by atoms with E-state index in [4.69, 9.17) is 15.0 Å². The molecule has 0 aliphatic rings. The van der Waals surface area contributed by atoms with E-state index >= 15 is 0 Å². The maximum Gasteiger partial charge on any atom is 0.164 e. The number of para-hydroxylation sites is 2. The van der Waals surface area contributed by atoms with Gasteiger partial charge in [0.1, 0.15) is 0 Å². The molecule has 0 aliphatic heterocycles. The Hall–Kier alpha value is -8.41. The van der Waals surface area contributed by atoms with Gasteiger partial charge in [0.15, 0.2) is 17.5 Å². The normalized spacial score (nSPS) is 11.5. The van der Waals surface area contributed by atoms with Gasteiger partial charge in [0, 0.05) is 49.6 Å². The molecule has 0 aliphatic carbocycles. The molecule has 0 saturated heterocycles. The van der Waals surface area contributed by atoms with E-state index in [9.17, 15) is 0 Å². The minimum atomic E-state index is 0.634. The van der Waals surface area contributed by atoms with Gasteiger partial charge in [-0.2, -0.15) is 0 Å². The van der Waals surface area contributed by atoms with Crippen LogP contribution in [0.3, 0.4) is 0 Å². The highest BCUT2D eigenvalue weighted by molar-refractivity contribution is 6.12. The van der Waals surface area contributed by atoms with Gasteiger partial charge < -0.3 is 9.13 Å². The van der Waals surface area contributed by atoms with Gasteiger partial charge in [0.2, 0.25) is 0 Å². The van der Waals surface area contributed by atoms with Crippen molar-refractivity contribution in [2.45, 2.75) is 0 Å². The fourth-order valence-corrected chi connectivity index (χ4v) is 8.99. The number of hydrogen-bond donors (Lipinski definition) is 0. The average molecular weight is 792 g/mol. The van der Waals surface area contributed by atoms with E-state index in [1.54, 1.807) is 0 Å². The van der Waals surface area contributed by atoms with Crippen LogP contribution >= 0.6 is 0 Å². The Morgan fingerprint density at radius 1 is 0.226 bits per heavy atom. The molecule has 0 N–H and O–H groups in total. The molecule has 5 heteroatoms. The van der Waals surface area contributed by atoms with Gasteiger partial charge in [-0.15, -0.1) is 0 Å². The topological polar surface area (TPSA) is 48.5 Å². The van der Waals surface area contributed by atoms with E-state index in [1.807, 2.05) is 60.7 Å². The van der Waals surface area contributed by atoms with E-state index in [1.165, 1.54) is 49.3 Å². The van der Waals surface area contributed by atoms with Crippen molar-refractivity contribution in [1.29, 1.82) is 0 Å². The number of rotatable bonds is 7. The third-order valence-corrected chi connectivity index (χ3v) is 12.0. The van der Waals surface area contributed by atoms with Crippen molar-refractivity contribution in [2.75, 3.05) is 0 Å². The molecule has 62 heavy (non-hydrogen) atoms. The summed E-state index contributed by atoms with van der Waals surface area (Å²) in [6, 6.07) is 79.4. The van der Waals surface area contributed by atoms with E-state index in [0.717, 1.165) is 44.7 Å². The Labute approximate surface area is 358 Å². The second-order valence-electron chi connectivity index (χ2n) is 15.7. The summed E-state index contributed by atoms with van der Waals surface area (Å²) < 4.78 is 4.76. The first kappa shape index (κ1) is 35.5. The van der Waals surface area contributed by atoms with Crippen LogP contribution in [0.15, 0.2) is 224 Å². The molecule has 0 fully saturated rings. The summed E-state index contributed by atoms with van der Waals surface area (Å²) in [7, 11) is 0. The smallest absolute Gasteiger partial charge is 0.164 e. The maximum atomic E-state index is 4.98. The molecule has 12 rings (SSSR count). The fourth-order valence-electron chi connectivity index (χ4n) is 8.99. The summed E-state index contributed by atoms with van der Waals surface area (Å²) in [5, 5.41) is 4.89. The molecule has 3 aromatic heterocycles. The third-order valence-electron chi connectivity index (χ3n) is 12.0. The molecule has 0 unspecified atom stereocenters. The van der Waals surface area contributed by atoms with Crippen LogP contribution in [-0.2, 0) is 0 Å². The van der Waals surface area contributed by atoms with Gasteiger partial charge in [-0.1, -0.05) is 158 Å². The molecule has 0 saturated carbocycles. The van der Waals surface area contributed by atoms with Crippen LogP contribution in [-0.4, -0.2) is 24.1 Å². The highest BCUT2D eigenvalue weighted by atomic mass is 15.0. The first-order valence-corrected chi connectivity index (χ1v) is 20.9. The Bertz CT molecular complexity index is 3530. The summed E-state index contributed by atoms with van der Waals surface area (Å²) in [4.78, 5) is 14.9. The van der Waals surface area contributed by atoms with Crippen molar-refractivity contribution in [2.24, 2.45) is 0 Å². The Morgan fingerprint density at radius 3 is 1.15 bits per heavy atom. The van der Waals surface area contributed by atoms with Gasteiger partial charge in [-0.05, 0) is 89.0 Å². The van der Waals surface area contributed by atoms with Gasteiger partial charge in [-0.3, -0.25) is 0 Å². The van der Waals surface area contributed by atoms with Crippen LogP contribution in [0.4, 0.5) is 0 Å². The lowest BCUT2D eigenvalue weighted by Gasteiger charge is -2.12. The summed E-state index contributed by atoms with van der Waals surface area (Å²) in [5.74, 6) is 1.93. The fraction of sp³-hybridized carbons (Fsp3) is 0. The number of nitrogens with zero attached hydrogens (tertiary/aromatic N) is 5. The van der Waals surface area contributed by atoms with E-state index in [0.29, 0.717) is 17.5 Å². The van der Waals surface area contributed by atoms with Crippen molar-refractivity contribution in [3.05, 3.63) is 224 Å². The first-order chi connectivity index (χ1) is 30.7. The largest absolute Gasteiger partial charge is 0.309 e. The highest BCUT2D eigenvalue weighted by Crippen LogP contribution is 2.39. The van der Waals surface area contributed by atoms with Crippen molar-refractivity contribution < 1.29 is 0 Å². The van der Waals surface area contributed by atoms with Crippen molar-refractivity contribution in [1.82, 2.24) is 24.1 Å². The molecule has 3 heterocycles. The van der Waals surface area contributed by atoms with Crippen molar-refractivity contribution in [3.63, 3.8) is 0 Å². The molecule has 0 amide bonds. The Kier molecular flexibility index (Phi) is 8.42. The van der Waals surface area contributed by atoms with Gasteiger partial charge in [0.05, 0.1) is 22.1 Å². The molecule has 0 bridgehead atoms. The molecule has 290 valence electrons. The molecule has 9 aromatic carbocycles. The SMILES string of the molecule is c1ccc(-c2ccc(-n3c4ccccc4c4cc(-c5ccc6c7ccccc7n(-c7ccc(-c8nc(-c9ccccc9)nc(-c9ccccc9)n8)cc7)c6c5)ccc43)cc2)cc1. The Morgan fingerprint density at radius 2 is 0.581 bits per heavy atom. The zero-order chi connectivity index (χ0) is 41.0. The first-order valence-electron chi connectivity index (χ1n) is 20.9. The van der Waals surface area contributed by atoms with Crippen LogP contribution < -0.4 is 0 Å². The molecule has 0 radical (unpaired) electrons. The lowest BCUT2D eigenvalue weighted by Crippen LogP contribution is -2.00. The lowest BCUT2D eigenvalue weighted by atomic mass is 10.0. The summed E-state index contributed by atoms with van der Waals surface area (Å²) in [6.07, 6.45) is 0. The van der Waals surface area contributed by atoms with Crippen LogP contribution in [0, 0.1) is 0 Å². The predicted octanol–water partition coefficient (Wildman–Crippen LogP) is 14.4.